The minimum absolute atomic E-state index is 0.00426. The molecule has 1 amide bonds. The van der Waals surface area contributed by atoms with E-state index in [1.54, 1.807) is 25.1 Å². The van der Waals surface area contributed by atoms with E-state index in [9.17, 15) is 13.2 Å². The predicted octanol–water partition coefficient (Wildman–Crippen LogP) is 1.71. The third kappa shape index (κ3) is 4.52. The molecular formula is C13H17ClN2O3S2. The summed E-state index contributed by atoms with van der Waals surface area (Å²) in [5.41, 5.74) is 5.70. The van der Waals surface area contributed by atoms with Gasteiger partial charge in [-0.2, -0.15) is 0 Å². The molecule has 1 fully saturated rings. The summed E-state index contributed by atoms with van der Waals surface area (Å²) in [6.45, 7) is 1.76. The van der Waals surface area contributed by atoms with Crippen molar-refractivity contribution in [2.45, 2.75) is 23.8 Å². The van der Waals surface area contributed by atoms with E-state index in [0.717, 1.165) is 4.90 Å². The second-order valence-electron chi connectivity index (χ2n) is 5.42. The Morgan fingerprint density at radius 1 is 1.52 bits per heavy atom. The first-order chi connectivity index (χ1) is 9.69. The van der Waals surface area contributed by atoms with E-state index in [-0.39, 0.29) is 23.2 Å². The SMILES string of the molecule is CC1(NC(=O)CSc2cc(Cl)ccc2N)CCS(=O)(=O)C1. The third-order valence-corrected chi connectivity index (χ3v) is 6.49. The number of hydrogen-bond donors (Lipinski definition) is 2. The topological polar surface area (TPSA) is 89.3 Å². The molecule has 2 rings (SSSR count). The minimum Gasteiger partial charge on any atom is -0.398 e. The van der Waals surface area contributed by atoms with E-state index in [1.165, 1.54) is 11.8 Å². The summed E-state index contributed by atoms with van der Waals surface area (Å²) in [6, 6.07) is 5.08. The smallest absolute Gasteiger partial charge is 0.230 e. The molecule has 1 heterocycles. The molecule has 1 aromatic carbocycles. The zero-order chi connectivity index (χ0) is 15.7. The maximum atomic E-state index is 12.0. The first kappa shape index (κ1) is 16.5. The van der Waals surface area contributed by atoms with Crippen LogP contribution >= 0.6 is 23.4 Å². The number of halogens is 1. The number of sulfone groups is 1. The highest BCUT2D eigenvalue weighted by atomic mass is 35.5. The second-order valence-corrected chi connectivity index (χ2v) is 9.06. The maximum Gasteiger partial charge on any atom is 0.230 e. The van der Waals surface area contributed by atoms with E-state index in [0.29, 0.717) is 17.1 Å². The van der Waals surface area contributed by atoms with Gasteiger partial charge in [-0.05, 0) is 31.5 Å². The fraction of sp³-hybridized carbons (Fsp3) is 0.462. The number of thioether (sulfide) groups is 1. The Bertz CT molecular complexity index is 663. The van der Waals surface area contributed by atoms with Gasteiger partial charge in [0.1, 0.15) is 0 Å². The number of amides is 1. The van der Waals surface area contributed by atoms with Crippen molar-refractivity contribution in [1.82, 2.24) is 5.32 Å². The molecule has 1 atom stereocenters. The zero-order valence-electron chi connectivity index (χ0n) is 11.6. The number of carbonyl (C=O) groups excluding carboxylic acids is 1. The third-order valence-electron chi connectivity index (χ3n) is 3.28. The minimum atomic E-state index is -3.04. The monoisotopic (exact) mass is 348 g/mol. The van der Waals surface area contributed by atoms with Gasteiger partial charge < -0.3 is 11.1 Å². The molecule has 0 aliphatic carbocycles. The fourth-order valence-electron chi connectivity index (χ4n) is 2.26. The molecule has 5 nitrogen and oxygen atoms in total. The molecule has 0 spiro atoms. The molecular weight excluding hydrogens is 332 g/mol. The highest BCUT2D eigenvalue weighted by Gasteiger charge is 2.39. The van der Waals surface area contributed by atoms with Gasteiger partial charge in [0.15, 0.2) is 9.84 Å². The van der Waals surface area contributed by atoms with Crippen molar-refractivity contribution in [1.29, 1.82) is 0 Å². The molecule has 1 saturated heterocycles. The van der Waals surface area contributed by atoms with E-state index in [4.69, 9.17) is 17.3 Å². The quantitative estimate of drug-likeness (QED) is 0.638. The van der Waals surface area contributed by atoms with E-state index in [1.807, 2.05) is 0 Å². The largest absolute Gasteiger partial charge is 0.398 e. The Hall–Kier alpha value is -0.920. The molecule has 3 N–H and O–H groups in total. The van der Waals surface area contributed by atoms with Crippen molar-refractivity contribution >= 4 is 44.8 Å². The van der Waals surface area contributed by atoms with Gasteiger partial charge in [-0.3, -0.25) is 4.79 Å². The average molecular weight is 349 g/mol. The van der Waals surface area contributed by atoms with Crippen LogP contribution in [-0.2, 0) is 14.6 Å². The summed E-state index contributed by atoms with van der Waals surface area (Å²) >= 11 is 7.17. The van der Waals surface area contributed by atoms with Gasteiger partial charge >= 0.3 is 0 Å². The van der Waals surface area contributed by atoms with Gasteiger partial charge in [-0.1, -0.05) is 11.6 Å². The van der Waals surface area contributed by atoms with Crippen molar-refractivity contribution in [3.63, 3.8) is 0 Å². The molecule has 116 valence electrons. The van der Waals surface area contributed by atoms with Gasteiger partial charge in [0.05, 0.1) is 22.8 Å². The lowest BCUT2D eigenvalue weighted by molar-refractivity contribution is -0.120. The van der Waals surface area contributed by atoms with Crippen LogP contribution < -0.4 is 11.1 Å². The second kappa shape index (κ2) is 6.06. The Kier molecular flexibility index (Phi) is 4.75. The lowest BCUT2D eigenvalue weighted by Crippen LogP contribution is -2.47. The highest BCUT2D eigenvalue weighted by Crippen LogP contribution is 2.28. The van der Waals surface area contributed by atoms with Crippen molar-refractivity contribution in [2.75, 3.05) is 23.0 Å². The Morgan fingerprint density at radius 3 is 2.86 bits per heavy atom. The Morgan fingerprint density at radius 2 is 2.24 bits per heavy atom. The summed E-state index contributed by atoms with van der Waals surface area (Å²) in [6.07, 6.45) is 0.449. The number of rotatable bonds is 4. The van der Waals surface area contributed by atoms with Crippen LogP contribution in [0.25, 0.3) is 0 Å². The van der Waals surface area contributed by atoms with E-state index in [2.05, 4.69) is 5.32 Å². The standard InChI is InChI=1S/C13H17ClN2O3S2/c1-13(4-5-21(18,19)8-13)16-12(17)7-20-11-6-9(14)2-3-10(11)15/h2-3,6H,4-5,7-8,15H2,1H3,(H,16,17). The molecule has 0 radical (unpaired) electrons. The van der Waals surface area contributed by atoms with Gasteiger partial charge in [-0.15, -0.1) is 11.8 Å². The van der Waals surface area contributed by atoms with Crippen LogP contribution in [-0.4, -0.2) is 37.1 Å². The lowest BCUT2D eigenvalue weighted by Gasteiger charge is -2.23. The summed E-state index contributed by atoms with van der Waals surface area (Å²) in [5.74, 6) is 0.0765. The molecule has 8 heteroatoms. The number of nitrogens with two attached hydrogens (primary N) is 1. The van der Waals surface area contributed by atoms with Crippen LogP contribution in [0, 0.1) is 0 Å². The Balaban J connectivity index is 1.92. The van der Waals surface area contributed by atoms with Crippen LogP contribution in [0.2, 0.25) is 5.02 Å². The van der Waals surface area contributed by atoms with Crippen molar-refractivity contribution in [3.8, 4) is 0 Å². The van der Waals surface area contributed by atoms with Crippen LogP contribution in [0.4, 0.5) is 5.69 Å². The first-order valence-electron chi connectivity index (χ1n) is 6.38. The highest BCUT2D eigenvalue weighted by molar-refractivity contribution is 8.00. The summed E-state index contributed by atoms with van der Waals surface area (Å²) in [4.78, 5) is 12.7. The fourth-order valence-corrected chi connectivity index (χ4v) is 5.39. The van der Waals surface area contributed by atoms with Crippen molar-refractivity contribution < 1.29 is 13.2 Å². The predicted molar refractivity (Wildman–Crippen MR) is 86.4 cm³/mol. The first-order valence-corrected chi connectivity index (χ1v) is 9.57. The van der Waals surface area contributed by atoms with Crippen LogP contribution in [0.15, 0.2) is 23.1 Å². The van der Waals surface area contributed by atoms with Crippen molar-refractivity contribution in [3.05, 3.63) is 23.2 Å². The van der Waals surface area contributed by atoms with Gasteiger partial charge in [-0.25, -0.2) is 8.42 Å². The lowest BCUT2D eigenvalue weighted by atomic mass is 10.0. The number of hydrogen-bond acceptors (Lipinski definition) is 5. The Labute approximate surface area is 133 Å². The molecule has 0 saturated carbocycles. The van der Waals surface area contributed by atoms with Gasteiger partial charge in [0.2, 0.25) is 5.91 Å². The zero-order valence-corrected chi connectivity index (χ0v) is 13.9. The van der Waals surface area contributed by atoms with Crippen molar-refractivity contribution in [2.24, 2.45) is 0 Å². The molecule has 21 heavy (non-hydrogen) atoms. The molecule has 0 aromatic heterocycles. The summed E-state index contributed by atoms with van der Waals surface area (Å²) in [5, 5.41) is 3.36. The number of nitrogens with one attached hydrogen (secondary N) is 1. The molecule has 1 unspecified atom stereocenters. The van der Waals surface area contributed by atoms with Gasteiger partial charge in [0.25, 0.3) is 0 Å². The summed E-state index contributed by atoms with van der Waals surface area (Å²) < 4.78 is 23.0. The number of anilines is 1. The average Bonchev–Trinajstić information content (AvgIpc) is 2.64. The van der Waals surface area contributed by atoms with Crippen LogP contribution in [0.1, 0.15) is 13.3 Å². The maximum absolute atomic E-state index is 12.0. The molecule has 1 aliphatic rings. The number of nitrogen functional groups attached to an aromatic ring is 1. The molecule has 1 aromatic rings. The summed E-state index contributed by atoms with van der Waals surface area (Å²) in [7, 11) is -3.04. The van der Waals surface area contributed by atoms with Crippen LogP contribution in [0.3, 0.4) is 0 Å². The van der Waals surface area contributed by atoms with E-state index >= 15 is 0 Å². The normalized spacial score (nSPS) is 23.9. The number of benzene rings is 1. The number of carbonyl (C=O) groups is 1. The molecule has 0 bridgehead atoms. The van der Waals surface area contributed by atoms with Gasteiger partial charge in [0, 0.05) is 15.6 Å². The van der Waals surface area contributed by atoms with Crippen LogP contribution in [0.5, 0.6) is 0 Å². The van der Waals surface area contributed by atoms with E-state index < -0.39 is 15.4 Å². The molecule has 1 aliphatic heterocycles.